The van der Waals surface area contributed by atoms with Gasteiger partial charge in [-0.15, -0.1) is 0 Å². The maximum absolute atomic E-state index is 9.19. The summed E-state index contributed by atoms with van der Waals surface area (Å²) >= 11 is 0. The summed E-state index contributed by atoms with van der Waals surface area (Å²) in [5.74, 6) is 0. The van der Waals surface area contributed by atoms with E-state index >= 15 is 0 Å². The maximum atomic E-state index is 9.19. The van der Waals surface area contributed by atoms with Crippen LogP contribution in [0.5, 0.6) is 0 Å². The smallest absolute Gasteiger partial charge is 0.261 e. The first-order valence-electron chi connectivity index (χ1n) is 5.54. The van der Waals surface area contributed by atoms with Gasteiger partial charge < -0.3 is 0 Å². The van der Waals surface area contributed by atoms with Gasteiger partial charge in [-0.2, -0.15) is 50.5 Å². The minimum atomic E-state index is -3.67. The van der Waals surface area contributed by atoms with Crippen molar-refractivity contribution in [2.45, 2.75) is 0 Å². The van der Waals surface area contributed by atoms with Gasteiger partial charge >= 0.3 is 0 Å². The fourth-order valence-corrected chi connectivity index (χ4v) is 0. The van der Waals surface area contributed by atoms with Crippen molar-refractivity contribution in [2.75, 3.05) is 37.5 Å². The molecule has 0 fully saturated rings. The molecule has 30 heavy (non-hydrogen) atoms. The Labute approximate surface area is 175 Å². The van der Waals surface area contributed by atoms with E-state index in [-0.39, 0.29) is 0 Å². The molecule has 24 heteroatoms. The van der Waals surface area contributed by atoms with Crippen LogP contribution in [0.15, 0.2) is 0 Å². The van der Waals surface area contributed by atoms with E-state index in [0.29, 0.717) is 37.5 Å². The Bertz CT molecular complexity index is 773. The van der Waals surface area contributed by atoms with Crippen LogP contribution >= 0.6 is 0 Å². The Morgan fingerprint density at radius 2 is 0.267 bits per heavy atom. The zero-order valence-corrected chi connectivity index (χ0v) is 20.9. The standard InChI is InChI=1S/6CH4O3S/c6*1-5(2,3)4/h6*1H3,(H,2,3,4). The lowest BCUT2D eigenvalue weighted by atomic mass is 12.0. The van der Waals surface area contributed by atoms with Crippen LogP contribution in [0.3, 0.4) is 0 Å². The lowest BCUT2D eigenvalue weighted by Crippen LogP contribution is -1.88. The second kappa shape index (κ2) is 17.1. The third-order valence-corrected chi connectivity index (χ3v) is 0. The molecular formula is C6H24O18S6. The highest BCUT2D eigenvalue weighted by Crippen LogP contribution is 1.62. The lowest BCUT2D eigenvalue weighted by Gasteiger charge is -1.69. The van der Waals surface area contributed by atoms with Gasteiger partial charge in [-0.3, -0.25) is 27.3 Å². The first-order valence-corrected chi connectivity index (χ1v) is 16.6. The summed E-state index contributed by atoms with van der Waals surface area (Å²) in [6, 6.07) is 0. The van der Waals surface area contributed by atoms with E-state index in [1.165, 1.54) is 0 Å². The average molecular weight is 577 g/mol. The highest BCUT2D eigenvalue weighted by atomic mass is 32.2. The summed E-state index contributed by atoms with van der Waals surface area (Å²) < 4.78 is 155. The van der Waals surface area contributed by atoms with Gasteiger partial charge in [0.05, 0.1) is 37.5 Å². The predicted octanol–water partition coefficient (Wildman–Crippen LogP) is -2.98. The lowest BCUT2D eigenvalue weighted by molar-refractivity contribution is 0.488. The SMILES string of the molecule is CS(=O)(=O)O.CS(=O)(=O)O.CS(=O)(=O)O.CS(=O)(=O)O.CS(=O)(=O)O.CS(=O)(=O)O. The molecule has 0 aromatic carbocycles. The van der Waals surface area contributed by atoms with Gasteiger partial charge in [0.2, 0.25) is 0 Å². The van der Waals surface area contributed by atoms with Crippen LogP contribution in [0, 0.1) is 0 Å². The van der Waals surface area contributed by atoms with Crippen molar-refractivity contribution in [3.8, 4) is 0 Å². The molecule has 0 radical (unpaired) electrons. The molecule has 0 aromatic heterocycles. The van der Waals surface area contributed by atoms with Crippen molar-refractivity contribution in [3.63, 3.8) is 0 Å². The Kier molecular flexibility index (Phi) is 24.7. The molecule has 0 saturated heterocycles. The van der Waals surface area contributed by atoms with Crippen LogP contribution in [0.2, 0.25) is 0 Å². The van der Waals surface area contributed by atoms with E-state index in [4.69, 9.17) is 27.3 Å². The number of hydrogen-bond acceptors (Lipinski definition) is 12. The molecule has 0 aliphatic heterocycles. The summed E-state index contributed by atoms with van der Waals surface area (Å²) in [5.41, 5.74) is 0. The first-order chi connectivity index (χ1) is 12.0. The molecule has 0 aliphatic rings. The summed E-state index contributed by atoms with van der Waals surface area (Å²) in [7, 11) is -22.0. The van der Waals surface area contributed by atoms with Crippen molar-refractivity contribution in [1.29, 1.82) is 0 Å². The fraction of sp³-hybridized carbons (Fsp3) is 1.00. The second-order valence-corrected chi connectivity index (χ2v) is 13.2. The predicted molar refractivity (Wildman–Crippen MR) is 105 cm³/mol. The molecule has 18 nitrogen and oxygen atoms in total. The Morgan fingerprint density at radius 1 is 0.267 bits per heavy atom. The normalized spacial score (nSPS) is 11.6. The van der Waals surface area contributed by atoms with Crippen molar-refractivity contribution < 1.29 is 77.8 Å². The van der Waals surface area contributed by atoms with E-state index in [1.807, 2.05) is 0 Å². The third-order valence-electron chi connectivity index (χ3n) is 0. The fourth-order valence-electron chi connectivity index (χ4n) is 0. The first kappa shape index (κ1) is 43.4. The van der Waals surface area contributed by atoms with Crippen LogP contribution in [0.1, 0.15) is 0 Å². The quantitative estimate of drug-likeness (QED) is 0.157. The zero-order valence-electron chi connectivity index (χ0n) is 16.0. The highest BCUT2D eigenvalue weighted by molar-refractivity contribution is 7.86. The molecule has 0 unspecified atom stereocenters. The number of rotatable bonds is 0. The maximum Gasteiger partial charge on any atom is 0.261 e. The van der Waals surface area contributed by atoms with Gasteiger partial charge in [0.25, 0.3) is 60.7 Å². The zero-order chi connectivity index (χ0) is 27.0. The molecule has 0 atom stereocenters. The molecule has 0 heterocycles. The second-order valence-electron chi connectivity index (χ2n) is 4.40. The topological polar surface area (TPSA) is 326 Å². The van der Waals surface area contributed by atoms with E-state index < -0.39 is 60.7 Å². The van der Waals surface area contributed by atoms with E-state index in [9.17, 15) is 50.5 Å². The van der Waals surface area contributed by atoms with Crippen LogP contribution in [0.25, 0.3) is 0 Å². The monoisotopic (exact) mass is 576 g/mol. The largest absolute Gasteiger partial charge is 0.286 e. The third kappa shape index (κ3) is 65900. The van der Waals surface area contributed by atoms with Gasteiger partial charge in [0, 0.05) is 0 Å². The highest BCUT2D eigenvalue weighted by Gasteiger charge is 1.83. The van der Waals surface area contributed by atoms with Crippen molar-refractivity contribution >= 4 is 60.7 Å². The summed E-state index contributed by atoms with van der Waals surface area (Å²) in [5, 5.41) is 0. The molecule has 0 rings (SSSR count). The van der Waals surface area contributed by atoms with Crippen molar-refractivity contribution in [1.82, 2.24) is 0 Å². The molecule has 0 saturated carbocycles. The van der Waals surface area contributed by atoms with Gasteiger partial charge in [-0.1, -0.05) is 0 Å². The van der Waals surface area contributed by atoms with E-state index in [2.05, 4.69) is 0 Å². The molecule has 0 amide bonds. The van der Waals surface area contributed by atoms with Crippen molar-refractivity contribution in [2.24, 2.45) is 0 Å². The van der Waals surface area contributed by atoms with E-state index in [0.717, 1.165) is 0 Å². The van der Waals surface area contributed by atoms with Crippen molar-refractivity contribution in [3.05, 3.63) is 0 Å². The molecule has 0 aliphatic carbocycles. The summed E-state index contributed by atoms with van der Waals surface area (Å²) in [4.78, 5) is 0. The van der Waals surface area contributed by atoms with Gasteiger partial charge in [0.1, 0.15) is 0 Å². The average Bonchev–Trinajstić information content (AvgIpc) is 1.94. The van der Waals surface area contributed by atoms with Crippen LogP contribution in [-0.4, -0.2) is 115 Å². The van der Waals surface area contributed by atoms with E-state index in [1.54, 1.807) is 0 Å². The summed E-state index contributed by atoms with van der Waals surface area (Å²) in [6.07, 6.45) is 4.29. The van der Waals surface area contributed by atoms with Crippen LogP contribution in [0.4, 0.5) is 0 Å². The van der Waals surface area contributed by atoms with Crippen LogP contribution < -0.4 is 0 Å². The molecular weight excluding hydrogens is 552 g/mol. The molecule has 0 aromatic rings. The minimum Gasteiger partial charge on any atom is -0.286 e. The van der Waals surface area contributed by atoms with Gasteiger partial charge in [-0.05, 0) is 0 Å². The summed E-state index contributed by atoms with van der Waals surface area (Å²) in [6.45, 7) is 0. The Hall–Kier alpha value is -0.540. The molecule has 0 bridgehead atoms. The number of hydrogen-bond donors (Lipinski definition) is 6. The Morgan fingerprint density at radius 3 is 0.267 bits per heavy atom. The Balaban J connectivity index is -0.0000000576. The molecule has 192 valence electrons. The van der Waals surface area contributed by atoms with Crippen LogP contribution in [-0.2, 0) is 60.7 Å². The minimum absolute atomic E-state index is 0.715. The molecule has 0 spiro atoms. The van der Waals surface area contributed by atoms with Gasteiger partial charge in [-0.25, -0.2) is 0 Å². The molecule has 6 N–H and O–H groups in total. The van der Waals surface area contributed by atoms with Gasteiger partial charge in [0.15, 0.2) is 0 Å².